The van der Waals surface area contributed by atoms with E-state index in [9.17, 15) is 4.79 Å². The van der Waals surface area contributed by atoms with E-state index in [1.165, 1.54) is 0 Å². The molecule has 0 bridgehead atoms. The summed E-state index contributed by atoms with van der Waals surface area (Å²) < 4.78 is 13.6. The van der Waals surface area contributed by atoms with E-state index in [0.29, 0.717) is 11.6 Å². The minimum Gasteiger partial charge on any atom is -0.484 e. The summed E-state index contributed by atoms with van der Waals surface area (Å²) in [6.07, 6.45) is 6.68. The lowest BCUT2D eigenvalue weighted by molar-refractivity contribution is 0.171. The zero-order valence-corrected chi connectivity index (χ0v) is 20.9. The standard InChI is InChI=1S/C27H30N6O3/c1-27(2,3)17-13-22(25(35-4)28-14-17)31-26(34)30-21-10-11-23(20-8-6-5-7-19(20)21)36-18-9-12-24-32-29-16-33(24)15-18/h5-9,12-16,21,23H,10-11H2,1-4H3,(H2,30,31,34). The second kappa shape index (κ2) is 9.49. The average Bonchev–Trinajstić information content (AvgIpc) is 3.33. The number of methoxy groups -OCH3 is 1. The van der Waals surface area contributed by atoms with Gasteiger partial charge in [0.2, 0.25) is 5.88 Å². The van der Waals surface area contributed by atoms with Gasteiger partial charge in [0, 0.05) is 6.20 Å². The maximum absolute atomic E-state index is 13.0. The Kier molecular flexibility index (Phi) is 6.22. The van der Waals surface area contributed by atoms with Crippen LogP contribution >= 0.6 is 0 Å². The Hall–Kier alpha value is -4.14. The summed E-state index contributed by atoms with van der Waals surface area (Å²) in [5.74, 6) is 1.12. The minimum atomic E-state index is -0.307. The van der Waals surface area contributed by atoms with E-state index >= 15 is 0 Å². The highest BCUT2D eigenvalue weighted by Gasteiger charge is 2.30. The molecular formula is C27H30N6O3. The van der Waals surface area contributed by atoms with Gasteiger partial charge < -0.3 is 20.1 Å². The molecule has 9 heteroatoms. The van der Waals surface area contributed by atoms with Gasteiger partial charge in [0.25, 0.3) is 0 Å². The molecule has 0 spiro atoms. The van der Waals surface area contributed by atoms with E-state index in [4.69, 9.17) is 9.47 Å². The molecule has 0 aliphatic heterocycles. The first kappa shape index (κ1) is 23.6. The summed E-state index contributed by atoms with van der Waals surface area (Å²) in [6, 6.07) is 13.3. The molecule has 3 heterocycles. The van der Waals surface area contributed by atoms with Crippen LogP contribution in [0.1, 0.15) is 62.4 Å². The molecule has 2 amide bonds. The van der Waals surface area contributed by atoms with Crippen LogP contribution in [0.5, 0.6) is 11.6 Å². The van der Waals surface area contributed by atoms with Gasteiger partial charge in [0.15, 0.2) is 5.65 Å². The smallest absolute Gasteiger partial charge is 0.319 e. The lowest BCUT2D eigenvalue weighted by Crippen LogP contribution is -2.35. The van der Waals surface area contributed by atoms with Crippen LogP contribution in [0.3, 0.4) is 0 Å². The molecule has 186 valence electrons. The number of hydrogen-bond acceptors (Lipinski definition) is 6. The van der Waals surface area contributed by atoms with Crippen molar-refractivity contribution < 1.29 is 14.3 Å². The van der Waals surface area contributed by atoms with Gasteiger partial charge in [-0.15, -0.1) is 10.2 Å². The highest BCUT2D eigenvalue weighted by atomic mass is 16.5. The Balaban J connectivity index is 1.32. The van der Waals surface area contributed by atoms with E-state index in [0.717, 1.165) is 40.9 Å². The number of carbonyl (C=O) groups is 1. The summed E-state index contributed by atoms with van der Waals surface area (Å²) >= 11 is 0. The molecular weight excluding hydrogens is 456 g/mol. The maximum Gasteiger partial charge on any atom is 0.319 e. The van der Waals surface area contributed by atoms with Gasteiger partial charge >= 0.3 is 6.03 Å². The molecule has 9 nitrogen and oxygen atoms in total. The molecule has 1 aromatic carbocycles. The molecule has 2 unspecified atom stereocenters. The molecule has 2 atom stereocenters. The van der Waals surface area contributed by atoms with E-state index in [-0.39, 0.29) is 23.6 Å². The first-order chi connectivity index (χ1) is 17.3. The summed E-state index contributed by atoms with van der Waals surface area (Å²) in [6.45, 7) is 6.30. The molecule has 0 radical (unpaired) electrons. The molecule has 4 aromatic rings. The van der Waals surface area contributed by atoms with Crippen LogP contribution in [0, 0.1) is 0 Å². The molecule has 0 saturated heterocycles. The van der Waals surface area contributed by atoms with Crippen LogP contribution in [0.15, 0.2) is 61.2 Å². The van der Waals surface area contributed by atoms with Gasteiger partial charge in [-0.2, -0.15) is 0 Å². The van der Waals surface area contributed by atoms with Crippen molar-refractivity contribution in [2.24, 2.45) is 0 Å². The normalized spacial score (nSPS) is 17.3. The van der Waals surface area contributed by atoms with Gasteiger partial charge in [0.1, 0.15) is 23.9 Å². The first-order valence-corrected chi connectivity index (χ1v) is 12.0. The zero-order chi connectivity index (χ0) is 25.3. The number of urea groups is 1. The van der Waals surface area contributed by atoms with Gasteiger partial charge in [-0.25, -0.2) is 9.78 Å². The van der Waals surface area contributed by atoms with Crippen molar-refractivity contribution in [1.29, 1.82) is 0 Å². The predicted octanol–water partition coefficient (Wildman–Crippen LogP) is 5.21. The second-order valence-electron chi connectivity index (χ2n) is 9.96. The number of benzene rings is 1. The fourth-order valence-corrected chi connectivity index (χ4v) is 4.50. The van der Waals surface area contributed by atoms with Crippen molar-refractivity contribution in [2.75, 3.05) is 12.4 Å². The van der Waals surface area contributed by atoms with Crippen molar-refractivity contribution in [2.45, 2.75) is 51.2 Å². The summed E-state index contributed by atoms with van der Waals surface area (Å²) in [5, 5.41) is 14.0. The van der Waals surface area contributed by atoms with Gasteiger partial charge in [-0.1, -0.05) is 45.0 Å². The number of aromatic nitrogens is 4. The number of hydrogen-bond donors (Lipinski definition) is 2. The fourth-order valence-electron chi connectivity index (χ4n) is 4.50. The second-order valence-corrected chi connectivity index (χ2v) is 9.96. The third kappa shape index (κ3) is 4.82. The fraction of sp³-hybridized carbons (Fsp3) is 0.333. The van der Waals surface area contributed by atoms with E-state index in [2.05, 4.69) is 52.7 Å². The Labute approximate surface area is 209 Å². The summed E-state index contributed by atoms with van der Waals surface area (Å²) in [4.78, 5) is 17.4. The number of nitrogens with one attached hydrogen (secondary N) is 2. The van der Waals surface area contributed by atoms with Crippen molar-refractivity contribution in [3.8, 4) is 11.6 Å². The monoisotopic (exact) mass is 486 g/mol. The number of anilines is 1. The van der Waals surface area contributed by atoms with Crippen molar-refractivity contribution in [3.63, 3.8) is 0 Å². The van der Waals surface area contributed by atoms with Crippen molar-refractivity contribution in [3.05, 3.63) is 77.9 Å². The Morgan fingerprint density at radius 2 is 1.92 bits per heavy atom. The maximum atomic E-state index is 13.0. The van der Waals surface area contributed by atoms with Crippen LogP contribution in [0.2, 0.25) is 0 Å². The molecule has 2 N–H and O–H groups in total. The van der Waals surface area contributed by atoms with Crippen molar-refractivity contribution >= 4 is 17.4 Å². The summed E-state index contributed by atoms with van der Waals surface area (Å²) in [5.41, 5.74) is 4.31. The van der Waals surface area contributed by atoms with Gasteiger partial charge in [-0.05, 0) is 53.1 Å². The largest absolute Gasteiger partial charge is 0.484 e. The van der Waals surface area contributed by atoms with Gasteiger partial charge in [-0.3, -0.25) is 4.40 Å². The molecule has 3 aromatic heterocycles. The van der Waals surface area contributed by atoms with E-state index < -0.39 is 0 Å². The zero-order valence-electron chi connectivity index (χ0n) is 20.9. The number of pyridine rings is 2. The number of carbonyl (C=O) groups excluding carboxylic acids is 1. The third-order valence-electron chi connectivity index (χ3n) is 6.44. The Morgan fingerprint density at radius 1 is 1.11 bits per heavy atom. The molecule has 0 fully saturated rings. The number of rotatable bonds is 5. The number of nitrogens with zero attached hydrogens (tertiary/aromatic N) is 4. The molecule has 5 rings (SSSR count). The molecule has 1 aliphatic rings. The lowest BCUT2D eigenvalue weighted by Gasteiger charge is -2.32. The first-order valence-electron chi connectivity index (χ1n) is 12.0. The third-order valence-corrected chi connectivity index (χ3v) is 6.44. The predicted molar refractivity (Wildman–Crippen MR) is 136 cm³/mol. The molecule has 1 aliphatic carbocycles. The molecule has 36 heavy (non-hydrogen) atoms. The summed E-state index contributed by atoms with van der Waals surface area (Å²) in [7, 11) is 1.54. The number of fused-ring (bicyclic) bond motifs is 2. The number of ether oxygens (including phenoxy) is 2. The SMILES string of the molecule is COc1ncc(C(C)(C)C)cc1NC(=O)NC1CCC(Oc2ccc3nncn3c2)c2ccccc21. The lowest BCUT2D eigenvalue weighted by atomic mass is 9.85. The number of amides is 2. The van der Waals surface area contributed by atoms with Crippen molar-refractivity contribution in [1.82, 2.24) is 24.9 Å². The highest BCUT2D eigenvalue weighted by Crippen LogP contribution is 2.39. The Morgan fingerprint density at radius 3 is 2.69 bits per heavy atom. The minimum absolute atomic E-state index is 0.109. The highest BCUT2D eigenvalue weighted by molar-refractivity contribution is 5.91. The van der Waals surface area contributed by atoms with Crippen LogP contribution in [-0.2, 0) is 5.41 Å². The Bertz CT molecular complexity index is 1390. The van der Waals surface area contributed by atoms with E-state index in [1.807, 2.05) is 47.0 Å². The van der Waals surface area contributed by atoms with Gasteiger partial charge in [0.05, 0.1) is 19.3 Å². The average molecular weight is 487 g/mol. The van der Waals surface area contributed by atoms with Crippen LogP contribution in [0.4, 0.5) is 10.5 Å². The topological polar surface area (TPSA) is 103 Å². The van der Waals surface area contributed by atoms with E-state index in [1.54, 1.807) is 19.6 Å². The van der Waals surface area contributed by atoms with Crippen LogP contribution < -0.4 is 20.1 Å². The molecule has 0 saturated carbocycles. The van der Waals surface area contributed by atoms with Crippen LogP contribution in [0.25, 0.3) is 5.65 Å². The quantitative estimate of drug-likeness (QED) is 0.402. The van der Waals surface area contributed by atoms with Crippen LogP contribution in [-0.4, -0.2) is 32.7 Å².